The summed E-state index contributed by atoms with van der Waals surface area (Å²) in [6.07, 6.45) is 1.31. The molecule has 170 valence electrons. The fraction of sp³-hybridized carbons (Fsp3) is 0.600. The van der Waals surface area contributed by atoms with Crippen LogP contribution in [-0.4, -0.2) is 50.6 Å². The third-order valence-electron chi connectivity index (χ3n) is 5.35. The predicted octanol–water partition coefficient (Wildman–Crippen LogP) is 3.38. The van der Waals surface area contributed by atoms with Crippen molar-refractivity contribution in [3.05, 3.63) is 35.8 Å². The van der Waals surface area contributed by atoms with E-state index in [0.29, 0.717) is 31.4 Å². The van der Waals surface area contributed by atoms with E-state index in [0.717, 1.165) is 0 Å². The molecule has 2 heterocycles. The molecule has 2 aromatic rings. The van der Waals surface area contributed by atoms with E-state index in [1.807, 2.05) is 0 Å². The van der Waals surface area contributed by atoms with Crippen LogP contribution in [0.3, 0.4) is 0 Å². The average molecular weight is 441 g/mol. The summed E-state index contributed by atoms with van der Waals surface area (Å²) in [5.41, 5.74) is -0.727. The van der Waals surface area contributed by atoms with Gasteiger partial charge in [-0.05, 0) is 45.6 Å². The Kier molecular flexibility index (Phi) is 7.14. The van der Waals surface area contributed by atoms with Crippen molar-refractivity contribution >= 4 is 11.6 Å². The van der Waals surface area contributed by atoms with Crippen molar-refractivity contribution in [2.24, 2.45) is 0 Å². The first-order valence-corrected chi connectivity index (χ1v) is 10.1. The lowest BCUT2D eigenvalue weighted by Crippen LogP contribution is -2.42. The van der Waals surface area contributed by atoms with Crippen LogP contribution in [0, 0.1) is 0 Å². The maximum absolute atomic E-state index is 13.9. The molecular formula is C20H26F3N5O3. The third-order valence-corrected chi connectivity index (χ3v) is 5.35. The molecule has 31 heavy (non-hydrogen) atoms. The fourth-order valence-corrected chi connectivity index (χ4v) is 3.43. The zero-order valence-electron chi connectivity index (χ0n) is 17.3. The summed E-state index contributed by atoms with van der Waals surface area (Å²) in [6.45, 7) is 2.34. The van der Waals surface area contributed by atoms with Gasteiger partial charge in [-0.25, -0.2) is 4.39 Å². The van der Waals surface area contributed by atoms with Crippen LogP contribution in [0.1, 0.15) is 74.0 Å². The Balaban J connectivity index is 1.57. The number of halogens is 3. The van der Waals surface area contributed by atoms with Crippen LogP contribution < -0.4 is 10.6 Å². The minimum absolute atomic E-state index is 0.0491. The first kappa shape index (κ1) is 23.0. The molecule has 2 aromatic heterocycles. The molecule has 1 amide bonds. The van der Waals surface area contributed by atoms with Crippen molar-refractivity contribution in [2.75, 3.05) is 11.9 Å². The van der Waals surface area contributed by atoms with Gasteiger partial charge in [-0.2, -0.15) is 8.78 Å². The van der Waals surface area contributed by atoms with Crippen LogP contribution in [0.15, 0.2) is 22.9 Å². The minimum atomic E-state index is -2.79. The molecule has 0 spiro atoms. The molecule has 1 aliphatic carbocycles. The average Bonchev–Trinajstić information content (AvgIpc) is 3.22. The van der Waals surface area contributed by atoms with Gasteiger partial charge in [-0.15, -0.1) is 10.2 Å². The monoisotopic (exact) mass is 441 g/mol. The molecule has 0 radical (unpaired) electrons. The van der Waals surface area contributed by atoms with Crippen molar-refractivity contribution in [3.8, 4) is 0 Å². The lowest BCUT2D eigenvalue weighted by atomic mass is 9.86. The number of hydrogen-bond acceptors (Lipinski definition) is 7. The molecule has 0 unspecified atom stereocenters. The highest BCUT2D eigenvalue weighted by molar-refractivity contribution is 5.99. The van der Waals surface area contributed by atoms with Crippen LogP contribution >= 0.6 is 0 Å². The van der Waals surface area contributed by atoms with E-state index >= 15 is 0 Å². The number of carbonyl (C=O) groups excluding carboxylic acids is 1. The third kappa shape index (κ3) is 5.93. The lowest BCUT2D eigenvalue weighted by Gasteiger charge is -2.28. The maximum atomic E-state index is 13.9. The molecule has 11 heteroatoms. The number of aromatic nitrogens is 3. The number of alkyl halides is 3. The zero-order valence-corrected chi connectivity index (χ0v) is 17.3. The number of anilines is 1. The van der Waals surface area contributed by atoms with Gasteiger partial charge < -0.3 is 20.2 Å². The summed E-state index contributed by atoms with van der Waals surface area (Å²) in [5.74, 6) is -1.02. The highest BCUT2D eigenvalue weighted by Gasteiger charge is 2.29. The van der Waals surface area contributed by atoms with Gasteiger partial charge in [0.05, 0.1) is 23.4 Å². The number of nitrogens with zero attached hydrogens (tertiary/aromatic N) is 3. The quantitative estimate of drug-likeness (QED) is 0.576. The van der Waals surface area contributed by atoms with Gasteiger partial charge >= 0.3 is 6.43 Å². The van der Waals surface area contributed by atoms with Crippen LogP contribution in [0.5, 0.6) is 0 Å². The summed E-state index contributed by atoms with van der Waals surface area (Å²) in [7, 11) is 0. The van der Waals surface area contributed by atoms with Gasteiger partial charge in [0.15, 0.2) is 0 Å². The van der Waals surface area contributed by atoms with E-state index in [4.69, 9.17) is 4.42 Å². The van der Waals surface area contributed by atoms with Crippen molar-refractivity contribution in [1.82, 2.24) is 20.5 Å². The summed E-state index contributed by atoms with van der Waals surface area (Å²) < 4.78 is 44.3. The molecule has 1 atom stereocenters. The number of aliphatic hydroxyl groups is 1. The number of rotatable bonds is 8. The first-order chi connectivity index (χ1) is 14.6. The minimum Gasteiger partial charge on any atom is -0.419 e. The predicted molar refractivity (Wildman–Crippen MR) is 106 cm³/mol. The number of nitrogens with one attached hydrogen (secondary N) is 2. The van der Waals surface area contributed by atoms with Crippen LogP contribution in [-0.2, 0) is 0 Å². The van der Waals surface area contributed by atoms with Crippen LogP contribution in [0.2, 0.25) is 0 Å². The van der Waals surface area contributed by atoms with E-state index in [1.54, 1.807) is 12.3 Å². The summed E-state index contributed by atoms with van der Waals surface area (Å²) in [5, 5.41) is 22.6. The van der Waals surface area contributed by atoms with Gasteiger partial charge in [0, 0.05) is 24.4 Å². The summed E-state index contributed by atoms with van der Waals surface area (Å²) in [4.78, 5) is 16.5. The van der Waals surface area contributed by atoms with Gasteiger partial charge in [0.25, 0.3) is 11.8 Å². The Morgan fingerprint density at radius 2 is 1.97 bits per heavy atom. The maximum Gasteiger partial charge on any atom is 0.314 e. The Bertz CT molecular complexity index is 879. The molecule has 3 rings (SSSR count). The Morgan fingerprint density at radius 1 is 1.26 bits per heavy atom. The van der Waals surface area contributed by atoms with Crippen LogP contribution in [0.25, 0.3) is 0 Å². The van der Waals surface area contributed by atoms with E-state index in [9.17, 15) is 23.1 Å². The van der Waals surface area contributed by atoms with Gasteiger partial charge in [0.1, 0.15) is 6.17 Å². The second-order valence-electron chi connectivity index (χ2n) is 8.22. The highest BCUT2D eigenvalue weighted by Crippen LogP contribution is 2.34. The normalized spacial score (nSPS) is 20.5. The zero-order chi connectivity index (χ0) is 22.6. The summed E-state index contributed by atoms with van der Waals surface area (Å²) in [6, 6.07) is 1.71. The lowest BCUT2D eigenvalue weighted by molar-refractivity contribution is -0.00177. The van der Waals surface area contributed by atoms with Gasteiger partial charge in [0.2, 0.25) is 5.89 Å². The van der Waals surface area contributed by atoms with Gasteiger partial charge in [-0.3, -0.25) is 9.78 Å². The second-order valence-corrected chi connectivity index (χ2v) is 8.22. The van der Waals surface area contributed by atoms with E-state index in [2.05, 4.69) is 25.8 Å². The standard InChI is InChI=1S/C20H26F3N5O3/c1-20(2,30)15(21)10-25-17(29)13-9-24-8-7-14(13)26-12-5-3-11(4-6-12)18-27-28-19(31-18)16(22)23/h7-9,11-12,15-16,30H,3-6,10H2,1-2H3,(H,24,26)(H,25,29)/t11?,12?,15-/m1/s1. The summed E-state index contributed by atoms with van der Waals surface area (Å²) >= 11 is 0. The molecule has 0 aliphatic heterocycles. The molecule has 0 bridgehead atoms. The molecular weight excluding hydrogens is 415 g/mol. The second kappa shape index (κ2) is 9.63. The first-order valence-electron chi connectivity index (χ1n) is 10.1. The smallest absolute Gasteiger partial charge is 0.314 e. The molecule has 0 saturated heterocycles. The Hall–Kier alpha value is -2.69. The molecule has 1 saturated carbocycles. The number of hydrogen-bond donors (Lipinski definition) is 3. The topological polar surface area (TPSA) is 113 Å². The van der Waals surface area contributed by atoms with Crippen molar-refractivity contribution < 1.29 is 27.5 Å². The van der Waals surface area contributed by atoms with Crippen molar-refractivity contribution in [1.29, 1.82) is 0 Å². The fourth-order valence-electron chi connectivity index (χ4n) is 3.43. The van der Waals surface area contributed by atoms with Crippen molar-refractivity contribution in [2.45, 2.75) is 69.7 Å². The number of pyridine rings is 1. The SMILES string of the molecule is CC(C)(O)[C@H](F)CNC(=O)c1cnccc1NC1CCC(c2nnc(C(F)F)o2)CC1. The van der Waals surface area contributed by atoms with E-state index in [1.165, 1.54) is 20.0 Å². The molecule has 3 N–H and O–H groups in total. The van der Waals surface area contributed by atoms with E-state index < -0.39 is 30.0 Å². The number of amides is 1. The highest BCUT2D eigenvalue weighted by atomic mass is 19.3. The number of carbonyl (C=O) groups is 1. The van der Waals surface area contributed by atoms with Gasteiger partial charge in [-0.1, -0.05) is 0 Å². The Labute approximate surface area is 177 Å². The molecule has 8 nitrogen and oxygen atoms in total. The molecule has 1 aliphatic rings. The largest absolute Gasteiger partial charge is 0.419 e. The van der Waals surface area contributed by atoms with Crippen molar-refractivity contribution in [3.63, 3.8) is 0 Å². The molecule has 1 fully saturated rings. The van der Waals surface area contributed by atoms with Crippen LogP contribution in [0.4, 0.5) is 18.9 Å². The molecule has 0 aromatic carbocycles. The Morgan fingerprint density at radius 3 is 2.58 bits per heavy atom. The van der Waals surface area contributed by atoms with E-state index in [-0.39, 0.29) is 30.0 Å².